The first-order chi connectivity index (χ1) is 27.5. The fourth-order valence-electron chi connectivity index (χ4n) is 8.99. The highest BCUT2D eigenvalue weighted by Crippen LogP contribution is 2.32. The van der Waals surface area contributed by atoms with Crippen LogP contribution in [0.3, 0.4) is 0 Å². The van der Waals surface area contributed by atoms with Crippen LogP contribution in [0.1, 0.15) is 127 Å². The van der Waals surface area contributed by atoms with Crippen molar-refractivity contribution in [3.63, 3.8) is 0 Å². The molecular weight excluding hydrogens is 745 g/mol. The maximum Gasteiger partial charge on any atom is 0.226 e. The molecular formula is C48H82N4O7. The summed E-state index contributed by atoms with van der Waals surface area (Å²) in [6.07, 6.45) is 1.70. The van der Waals surface area contributed by atoms with Gasteiger partial charge in [-0.25, -0.2) is 0 Å². The number of ether oxygens (including phenoxy) is 2. The van der Waals surface area contributed by atoms with Gasteiger partial charge in [0.05, 0.1) is 36.8 Å². The van der Waals surface area contributed by atoms with Crippen molar-refractivity contribution in [3.05, 3.63) is 35.9 Å². The molecule has 1 fully saturated rings. The number of Topliss-reactive ketones (excluding diaryl/α,β-unsaturated/α-hetero) is 2. The van der Waals surface area contributed by atoms with E-state index in [0.717, 1.165) is 18.4 Å². The zero-order valence-corrected chi connectivity index (χ0v) is 39.7. The zero-order chi connectivity index (χ0) is 44.9. The lowest BCUT2D eigenvalue weighted by Gasteiger charge is -2.41. The van der Waals surface area contributed by atoms with E-state index < -0.39 is 41.5 Å². The third-order valence-electron chi connectivity index (χ3n) is 12.8. The van der Waals surface area contributed by atoms with E-state index in [1.165, 1.54) is 0 Å². The molecule has 1 aromatic carbocycles. The Kier molecular flexibility index (Phi) is 20.9. The number of likely N-dealkylation sites (tertiary alicyclic amines) is 1. The molecule has 1 N–H and O–H groups in total. The molecule has 3 amide bonds. The summed E-state index contributed by atoms with van der Waals surface area (Å²) in [6, 6.07) is 8.86. The average molecular weight is 827 g/mol. The molecule has 0 spiro atoms. The van der Waals surface area contributed by atoms with Gasteiger partial charge in [0.2, 0.25) is 17.7 Å². The number of nitrogens with zero attached hydrogens (tertiary/aromatic N) is 3. The van der Waals surface area contributed by atoms with Gasteiger partial charge in [0, 0.05) is 70.0 Å². The average Bonchev–Trinajstić information content (AvgIpc) is 3.65. The fraction of sp³-hybridized carbons (Fsp3) is 0.771. The molecule has 0 unspecified atom stereocenters. The molecule has 0 bridgehead atoms. The number of likely N-dealkylation sites (N-methyl/N-ethyl adjacent to an activating group) is 2. The Hall–Kier alpha value is -3.15. The Morgan fingerprint density at radius 1 is 0.847 bits per heavy atom. The molecule has 9 atom stereocenters. The number of hydrogen-bond acceptors (Lipinski definition) is 8. The molecule has 59 heavy (non-hydrogen) atoms. The van der Waals surface area contributed by atoms with Crippen molar-refractivity contribution in [1.29, 1.82) is 0 Å². The van der Waals surface area contributed by atoms with Gasteiger partial charge in [-0.2, -0.15) is 0 Å². The molecule has 0 aliphatic carbocycles. The van der Waals surface area contributed by atoms with Crippen LogP contribution in [0.2, 0.25) is 0 Å². The van der Waals surface area contributed by atoms with Gasteiger partial charge in [-0.15, -0.1) is 0 Å². The van der Waals surface area contributed by atoms with Crippen molar-refractivity contribution >= 4 is 29.3 Å². The molecule has 11 nitrogen and oxygen atoms in total. The van der Waals surface area contributed by atoms with Crippen LogP contribution in [-0.4, -0.2) is 121 Å². The molecule has 0 aromatic heterocycles. The van der Waals surface area contributed by atoms with E-state index in [1.54, 1.807) is 26.2 Å². The number of hydrogen-bond donors (Lipinski definition) is 1. The molecule has 1 heterocycles. The van der Waals surface area contributed by atoms with Gasteiger partial charge in [-0.3, -0.25) is 28.9 Å². The number of methoxy groups -OCH3 is 2. The number of carbonyl (C=O) groups excluding carboxylic acids is 5. The third-order valence-corrected chi connectivity index (χ3v) is 12.8. The van der Waals surface area contributed by atoms with Crippen LogP contribution in [-0.2, 0) is 39.9 Å². The van der Waals surface area contributed by atoms with Crippen LogP contribution in [0.15, 0.2) is 30.3 Å². The maximum absolute atomic E-state index is 14.5. The second-order valence-corrected chi connectivity index (χ2v) is 19.4. The first kappa shape index (κ1) is 52.0. The predicted octanol–water partition coefficient (Wildman–Crippen LogP) is 7.24. The number of carbonyl (C=O) groups is 5. The number of rotatable bonds is 24. The van der Waals surface area contributed by atoms with Crippen LogP contribution in [0.4, 0.5) is 0 Å². The van der Waals surface area contributed by atoms with Gasteiger partial charge in [-0.1, -0.05) is 85.2 Å². The number of ketones is 2. The summed E-state index contributed by atoms with van der Waals surface area (Å²) < 4.78 is 12.2. The Labute approximate surface area is 358 Å². The molecule has 0 radical (unpaired) electrons. The number of benzene rings is 1. The van der Waals surface area contributed by atoms with Crippen LogP contribution in [0, 0.1) is 35.5 Å². The highest BCUT2D eigenvalue weighted by molar-refractivity contribution is 5.90. The zero-order valence-electron chi connectivity index (χ0n) is 39.7. The number of amides is 3. The second-order valence-electron chi connectivity index (χ2n) is 19.4. The molecule has 2 rings (SSSR count). The molecule has 1 saturated heterocycles. The van der Waals surface area contributed by atoms with E-state index >= 15 is 0 Å². The highest BCUT2D eigenvalue weighted by Gasteiger charge is 2.44. The first-order valence-electron chi connectivity index (χ1n) is 22.3. The summed E-state index contributed by atoms with van der Waals surface area (Å²) >= 11 is 0. The first-order valence-corrected chi connectivity index (χ1v) is 22.3. The topological polar surface area (TPSA) is 126 Å². The van der Waals surface area contributed by atoms with Crippen molar-refractivity contribution in [2.45, 2.75) is 170 Å². The lowest BCUT2D eigenvalue weighted by atomic mass is 9.83. The molecule has 11 heteroatoms. The minimum Gasteiger partial charge on any atom is -0.379 e. The Morgan fingerprint density at radius 2 is 1.46 bits per heavy atom. The Bertz CT molecular complexity index is 1490. The van der Waals surface area contributed by atoms with Crippen LogP contribution >= 0.6 is 0 Å². The predicted molar refractivity (Wildman–Crippen MR) is 237 cm³/mol. The van der Waals surface area contributed by atoms with E-state index in [9.17, 15) is 24.0 Å². The van der Waals surface area contributed by atoms with Crippen LogP contribution < -0.4 is 5.32 Å². The summed E-state index contributed by atoms with van der Waals surface area (Å²) in [5.74, 6) is -2.05. The summed E-state index contributed by atoms with van der Waals surface area (Å²) in [7, 11) is 6.93. The maximum atomic E-state index is 14.5. The van der Waals surface area contributed by atoms with Crippen LogP contribution in [0.25, 0.3) is 0 Å². The van der Waals surface area contributed by atoms with Gasteiger partial charge < -0.3 is 24.6 Å². The van der Waals surface area contributed by atoms with E-state index in [1.807, 2.05) is 83.8 Å². The van der Waals surface area contributed by atoms with Crippen LogP contribution in [0.5, 0.6) is 0 Å². The molecule has 336 valence electrons. The normalized spacial score (nSPS) is 19.0. The van der Waals surface area contributed by atoms with E-state index in [-0.39, 0.29) is 84.4 Å². The van der Waals surface area contributed by atoms with Crippen molar-refractivity contribution in [2.24, 2.45) is 35.5 Å². The highest BCUT2D eigenvalue weighted by atomic mass is 16.5. The molecule has 1 aliphatic rings. The van der Waals surface area contributed by atoms with E-state index in [2.05, 4.69) is 51.8 Å². The van der Waals surface area contributed by atoms with E-state index in [0.29, 0.717) is 19.4 Å². The van der Waals surface area contributed by atoms with Gasteiger partial charge in [0.25, 0.3) is 0 Å². The Balaban J connectivity index is 2.33. The summed E-state index contributed by atoms with van der Waals surface area (Å²) in [5.41, 5.74) is 0.531. The summed E-state index contributed by atoms with van der Waals surface area (Å²) in [6.45, 7) is 24.5. The summed E-state index contributed by atoms with van der Waals surface area (Å²) in [5, 5.41) is 3.07. The fourth-order valence-corrected chi connectivity index (χ4v) is 8.99. The minimum absolute atomic E-state index is 0.00115. The van der Waals surface area contributed by atoms with Crippen molar-refractivity contribution < 1.29 is 33.4 Å². The lowest BCUT2D eigenvalue weighted by Crippen LogP contribution is -2.54. The second kappa shape index (κ2) is 23.7. The van der Waals surface area contributed by atoms with Gasteiger partial charge >= 0.3 is 0 Å². The standard InChI is InChI=1S/C48H82N4O7/c1-17-33(8)44(51(14)47(57)37(30(2)3)28-40(54)43(31(4)5)50(13)32(6)7)41(58-15)29-42(55)52-25-21-24-38(52)45(59-16)34(9)39(53)27-36(46(56)49-48(10,11)12)26-35-22-19-18-20-23-35/h18-20,22-23,30-34,36-38,41,43-45H,17,21,24-29H2,1-16H3,(H,49,56)/t33-,34-,36+,37-,38-,41+,43-,44-,45+/m0/s1. The third kappa shape index (κ3) is 14.8. The lowest BCUT2D eigenvalue weighted by molar-refractivity contribution is -0.149. The van der Waals surface area contributed by atoms with Gasteiger partial charge in [0.1, 0.15) is 5.78 Å². The van der Waals surface area contributed by atoms with Gasteiger partial charge in [0.15, 0.2) is 5.78 Å². The quantitative estimate of drug-likeness (QED) is 0.116. The van der Waals surface area contributed by atoms with Gasteiger partial charge in [-0.05, 0) is 84.2 Å². The van der Waals surface area contributed by atoms with Crippen molar-refractivity contribution in [2.75, 3.05) is 34.9 Å². The Morgan fingerprint density at radius 3 is 1.95 bits per heavy atom. The smallest absolute Gasteiger partial charge is 0.226 e. The largest absolute Gasteiger partial charge is 0.379 e. The monoisotopic (exact) mass is 827 g/mol. The van der Waals surface area contributed by atoms with Crippen molar-refractivity contribution in [1.82, 2.24) is 20.0 Å². The number of nitrogens with one attached hydrogen (secondary N) is 1. The van der Waals surface area contributed by atoms with Crippen molar-refractivity contribution in [3.8, 4) is 0 Å². The summed E-state index contributed by atoms with van der Waals surface area (Å²) in [4.78, 5) is 76.0. The molecule has 1 aliphatic heterocycles. The van der Waals surface area contributed by atoms with E-state index in [4.69, 9.17) is 9.47 Å². The minimum atomic E-state index is -0.605. The molecule has 1 aromatic rings. The SMILES string of the molecule is CC[C@H](C)[C@@H]([C@@H](CC(=O)N1CCC[C@H]1[C@H](OC)[C@@H](C)C(=O)C[C@@H](Cc1ccccc1)C(=O)NC(C)(C)C)OC)N(C)C(=O)[C@@H](CC(=O)[C@H](C(C)C)N(C)C(C)C)C(C)C. The molecule has 0 saturated carbocycles.